The van der Waals surface area contributed by atoms with Gasteiger partial charge in [-0.3, -0.25) is 14.4 Å². The highest BCUT2D eigenvalue weighted by Gasteiger charge is 2.64. The van der Waals surface area contributed by atoms with Crippen molar-refractivity contribution in [1.82, 2.24) is 0 Å². The van der Waals surface area contributed by atoms with Crippen LogP contribution < -0.4 is 0 Å². The van der Waals surface area contributed by atoms with Gasteiger partial charge in [0, 0.05) is 26.8 Å². The third kappa shape index (κ3) is 15.5. The Balaban J connectivity index is 1.38. The van der Waals surface area contributed by atoms with E-state index in [1.807, 2.05) is 0 Å². The van der Waals surface area contributed by atoms with Gasteiger partial charge in [0.1, 0.15) is 129 Å². The Hall–Kier alpha value is -5.51. The van der Waals surface area contributed by atoms with Crippen molar-refractivity contribution in [1.29, 1.82) is 0 Å². The lowest BCUT2D eigenvalue weighted by Gasteiger charge is -2.51. The van der Waals surface area contributed by atoms with Crippen molar-refractivity contribution >= 4 is 35.9 Å². The molecule has 0 unspecified atom stereocenters. The topological polar surface area (TPSA) is 478 Å². The van der Waals surface area contributed by atoms with Crippen molar-refractivity contribution in [2.45, 2.75) is 168 Å². The number of ether oxygens (including phenoxy) is 14. The molecule has 2 aromatic rings. The molecule has 0 spiro atoms. The lowest BCUT2D eigenvalue weighted by Crippen LogP contribution is -2.69. The molecule has 0 radical (unpaired) electrons. The highest BCUT2D eigenvalue weighted by atomic mass is 16.8. The molecule has 32 heteroatoms. The number of carbonyl (C=O) groups excluding carboxylic acids is 5. The molecule has 5 fully saturated rings. The first-order valence-electron chi connectivity index (χ1n) is 26.1. The summed E-state index contributed by atoms with van der Waals surface area (Å²) in [5.74, 6) is -8.48. The average molecular weight is 1210 g/mol. The molecular weight excluding hydrogens is 1140 g/mol. The van der Waals surface area contributed by atoms with Crippen molar-refractivity contribution in [3.8, 4) is 5.75 Å². The maximum Gasteiger partial charge on any atom is 0.338 e. The van der Waals surface area contributed by atoms with Crippen molar-refractivity contribution in [2.75, 3.05) is 39.6 Å². The SMILES string of the molecule is CC(=O)OC[C@H]1O[C@H](O[C@@H]2[C@@H](O[C@@H]3O[C@H](CO)[C@@H](O)[C@H](O)[C@H]3O)[C@@H](O[C@]3(COC(=O)/C=C/c4ccc(O)cc4)O[C@H](CO)[C@@H](O)[C@H]3OC(=O)c3ccccc3)O[C@H](COC(C)=O)[C@H]2OC(C)=O)[C@H](O)[C@@H](O[C@H]2O[C@H](CO)[C@@H](O)[C@H](O)[C@H]2O)[C@@H]1O. The molecule has 7 rings (SSSR count). The summed E-state index contributed by atoms with van der Waals surface area (Å²) < 4.78 is 82.4. The Labute approximate surface area is 476 Å². The molecule has 13 N–H and O–H groups in total. The standard InChI is InChI=1S/C52H68O32/c1-21(56)71-18-30-35(63)43(79-48-39(67)37(65)33(61)27(15-53)75-48)41(69)50(77-30)80-44-42(74-23(3)58)31(19-72-22(2)57)78-51(45(44)81-49-40(68)38(66)34(62)28(16-54)76-49)84-52(20-73-32(60)14-11-24-9-12-26(59)13-10-24)46(36(64)29(17-55)83-52)82-47(70)25-7-5-4-6-8-25/h4-14,27-31,33-46,48-51,53-55,59,61-69H,15-20H2,1-3H3/b14-11+/t27-,28-,29-,30-,31-,33-,34-,35-,36-,37+,38+,39-,40-,41-,42-,43+,44+,45-,46-,48-,49+,50-,51-,52+/m1/s1. The molecule has 0 aliphatic carbocycles. The molecule has 0 saturated carbocycles. The van der Waals surface area contributed by atoms with Crippen LogP contribution in [-0.4, -0.2) is 283 Å². The number of aliphatic hydroxyl groups excluding tert-OH is 12. The number of esters is 5. The molecule has 5 saturated heterocycles. The van der Waals surface area contributed by atoms with Gasteiger partial charge in [0.2, 0.25) is 5.79 Å². The van der Waals surface area contributed by atoms with Crippen molar-refractivity contribution in [3.05, 3.63) is 71.8 Å². The largest absolute Gasteiger partial charge is 0.508 e. The highest BCUT2D eigenvalue weighted by Crippen LogP contribution is 2.42. The van der Waals surface area contributed by atoms with Crippen LogP contribution in [-0.2, 0) is 85.5 Å². The van der Waals surface area contributed by atoms with Crippen LogP contribution in [0.2, 0.25) is 0 Å². The Morgan fingerprint density at radius 1 is 0.500 bits per heavy atom. The zero-order valence-corrected chi connectivity index (χ0v) is 44.9. The van der Waals surface area contributed by atoms with Gasteiger partial charge in [0.05, 0.1) is 25.4 Å². The fourth-order valence-electron chi connectivity index (χ4n) is 9.60. The molecule has 84 heavy (non-hydrogen) atoms. The molecule has 32 nitrogen and oxygen atoms in total. The number of phenols is 1. The van der Waals surface area contributed by atoms with Crippen LogP contribution in [0.3, 0.4) is 0 Å². The van der Waals surface area contributed by atoms with Gasteiger partial charge in [0.25, 0.3) is 0 Å². The third-order valence-corrected chi connectivity index (χ3v) is 13.9. The van der Waals surface area contributed by atoms with Crippen LogP contribution in [0.4, 0.5) is 0 Å². The minimum absolute atomic E-state index is 0.101. The van der Waals surface area contributed by atoms with Gasteiger partial charge in [-0.05, 0) is 35.9 Å². The summed E-state index contributed by atoms with van der Waals surface area (Å²) in [6, 6.07) is 12.6. The maximum absolute atomic E-state index is 14.0. The van der Waals surface area contributed by atoms with E-state index in [2.05, 4.69) is 0 Å². The van der Waals surface area contributed by atoms with Crippen LogP contribution in [0, 0.1) is 0 Å². The van der Waals surface area contributed by atoms with E-state index in [0.717, 1.165) is 26.8 Å². The summed E-state index contributed by atoms with van der Waals surface area (Å²) in [5.41, 5.74) is 0.244. The summed E-state index contributed by atoms with van der Waals surface area (Å²) in [4.78, 5) is 65.5. The van der Waals surface area contributed by atoms with Gasteiger partial charge in [0.15, 0.2) is 37.4 Å². The number of hydrogen-bond donors (Lipinski definition) is 13. The van der Waals surface area contributed by atoms with E-state index in [-0.39, 0.29) is 11.3 Å². The lowest BCUT2D eigenvalue weighted by atomic mass is 9.95. The Kier molecular flexibility index (Phi) is 23.0. The first-order valence-corrected chi connectivity index (χ1v) is 26.1. The maximum atomic E-state index is 14.0. The highest BCUT2D eigenvalue weighted by molar-refractivity contribution is 5.89. The van der Waals surface area contributed by atoms with Crippen LogP contribution in [0.5, 0.6) is 5.75 Å². The van der Waals surface area contributed by atoms with Gasteiger partial charge in [-0.25, -0.2) is 9.59 Å². The molecular formula is C52H68O32. The van der Waals surface area contributed by atoms with Crippen LogP contribution >= 0.6 is 0 Å². The van der Waals surface area contributed by atoms with Crippen LogP contribution in [0.1, 0.15) is 36.7 Å². The van der Waals surface area contributed by atoms with E-state index < -0.39 is 216 Å². The van der Waals surface area contributed by atoms with Crippen molar-refractivity contribution in [2.24, 2.45) is 0 Å². The number of benzene rings is 2. The molecule has 5 heterocycles. The Bertz CT molecular complexity index is 2520. The number of phenolic OH excluding ortho intramolecular Hbond substituents is 1. The normalized spacial score (nSPS) is 38.8. The second-order valence-electron chi connectivity index (χ2n) is 19.9. The van der Waals surface area contributed by atoms with Gasteiger partial charge in [-0.1, -0.05) is 30.3 Å². The lowest BCUT2D eigenvalue weighted by molar-refractivity contribution is -0.423. The molecule has 0 amide bonds. The van der Waals surface area contributed by atoms with Crippen molar-refractivity contribution < 1.29 is 157 Å². The van der Waals surface area contributed by atoms with Gasteiger partial charge in [-0.2, -0.15) is 0 Å². The first-order chi connectivity index (χ1) is 39.9. The number of rotatable bonds is 22. The molecule has 468 valence electrons. The van der Waals surface area contributed by atoms with E-state index in [9.17, 15) is 90.4 Å². The summed E-state index contributed by atoms with van der Waals surface area (Å²) >= 11 is 0. The zero-order valence-electron chi connectivity index (χ0n) is 44.9. The smallest absolute Gasteiger partial charge is 0.338 e. The van der Waals surface area contributed by atoms with Crippen LogP contribution in [0.25, 0.3) is 6.08 Å². The number of carbonyl (C=O) groups is 5. The van der Waals surface area contributed by atoms with E-state index in [0.29, 0.717) is 5.56 Å². The quantitative estimate of drug-likeness (QED) is 0.0296. The molecule has 5 aliphatic rings. The summed E-state index contributed by atoms with van der Waals surface area (Å²) in [5, 5.41) is 142. The monoisotopic (exact) mass is 1200 g/mol. The summed E-state index contributed by atoms with van der Waals surface area (Å²) in [6.07, 6.45) is -46.2. The average Bonchev–Trinajstić information content (AvgIpc) is 2.59. The molecule has 2 aromatic carbocycles. The van der Waals surface area contributed by atoms with E-state index in [4.69, 9.17) is 66.3 Å². The van der Waals surface area contributed by atoms with E-state index in [1.165, 1.54) is 54.6 Å². The number of aliphatic hydroxyl groups is 12. The first kappa shape index (κ1) is 66.0. The second-order valence-corrected chi connectivity index (χ2v) is 19.9. The third-order valence-electron chi connectivity index (χ3n) is 13.9. The van der Waals surface area contributed by atoms with Gasteiger partial charge >= 0.3 is 29.8 Å². The predicted octanol–water partition coefficient (Wildman–Crippen LogP) is -6.38. The molecule has 0 aromatic heterocycles. The number of aromatic hydroxyl groups is 1. The fourth-order valence-corrected chi connectivity index (χ4v) is 9.60. The summed E-state index contributed by atoms with van der Waals surface area (Å²) in [7, 11) is 0. The van der Waals surface area contributed by atoms with Gasteiger partial charge in [-0.15, -0.1) is 0 Å². The minimum atomic E-state index is -2.95. The second kappa shape index (κ2) is 29.3. The Morgan fingerprint density at radius 3 is 1.56 bits per heavy atom. The fraction of sp³-hybridized carbons (Fsp3) is 0.635. The molecule has 0 bridgehead atoms. The van der Waals surface area contributed by atoms with Crippen molar-refractivity contribution in [3.63, 3.8) is 0 Å². The Morgan fingerprint density at radius 2 is 1.01 bits per heavy atom. The number of hydrogen-bond acceptors (Lipinski definition) is 32. The molecule has 5 aliphatic heterocycles. The van der Waals surface area contributed by atoms with E-state index in [1.54, 1.807) is 6.07 Å². The van der Waals surface area contributed by atoms with E-state index >= 15 is 0 Å². The molecule has 24 atom stereocenters. The summed E-state index contributed by atoms with van der Waals surface area (Å²) in [6.45, 7) is -3.32. The van der Waals surface area contributed by atoms with Crippen LogP contribution in [0.15, 0.2) is 60.7 Å². The van der Waals surface area contributed by atoms with Gasteiger partial charge < -0.3 is 133 Å². The zero-order chi connectivity index (χ0) is 61.3. The predicted molar refractivity (Wildman–Crippen MR) is 266 cm³/mol. The minimum Gasteiger partial charge on any atom is -0.508 e.